The Balaban J connectivity index is 1.76. The van der Waals surface area contributed by atoms with Gasteiger partial charge in [0.2, 0.25) is 0 Å². The van der Waals surface area contributed by atoms with Gasteiger partial charge in [-0.3, -0.25) is 5.43 Å². The van der Waals surface area contributed by atoms with Crippen LogP contribution in [0.25, 0.3) is 0 Å². The lowest BCUT2D eigenvalue weighted by Crippen LogP contribution is -2.02. The van der Waals surface area contributed by atoms with Crippen molar-refractivity contribution >= 4 is 46.8 Å². The van der Waals surface area contributed by atoms with Crippen LogP contribution in [0.15, 0.2) is 47.7 Å². The highest BCUT2D eigenvalue weighted by atomic mass is 35.5. The normalized spacial score (nSPS) is 11.2. The van der Waals surface area contributed by atoms with E-state index in [9.17, 15) is 0 Å². The molecule has 0 fully saturated rings. The summed E-state index contributed by atoms with van der Waals surface area (Å²) in [5, 5.41) is 9.96. The molecule has 0 spiro atoms. The zero-order valence-electron chi connectivity index (χ0n) is 13.2. The van der Waals surface area contributed by atoms with Gasteiger partial charge in [-0.25, -0.2) is 9.67 Å². The molecule has 0 bridgehead atoms. The van der Waals surface area contributed by atoms with E-state index in [1.54, 1.807) is 17.0 Å². The number of nitrogens with zero attached hydrogens (tertiary/aromatic N) is 4. The molecular weight excluding hydrogens is 381 g/mol. The van der Waals surface area contributed by atoms with Crippen LogP contribution in [0.1, 0.15) is 16.8 Å². The van der Waals surface area contributed by atoms with E-state index in [0.29, 0.717) is 27.6 Å². The predicted molar refractivity (Wildman–Crippen MR) is 103 cm³/mol. The Labute approximate surface area is 160 Å². The summed E-state index contributed by atoms with van der Waals surface area (Å²) in [5.41, 5.74) is 5.40. The van der Waals surface area contributed by atoms with Crippen LogP contribution in [0.2, 0.25) is 15.2 Å². The number of benzene rings is 1. The smallest absolute Gasteiger partial charge is 0.165 e. The van der Waals surface area contributed by atoms with Crippen LogP contribution in [0.4, 0.5) is 5.82 Å². The number of pyridine rings is 1. The van der Waals surface area contributed by atoms with Gasteiger partial charge >= 0.3 is 0 Å². The van der Waals surface area contributed by atoms with Crippen molar-refractivity contribution in [1.29, 1.82) is 0 Å². The van der Waals surface area contributed by atoms with Gasteiger partial charge < -0.3 is 0 Å². The summed E-state index contributed by atoms with van der Waals surface area (Å²) in [5.74, 6) is 0.410. The molecule has 0 aliphatic heterocycles. The molecule has 0 saturated heterocycles. The molecular formula is C17H14Cl3N5. The molecule has 3 aromatic rings. The van der Waals surface area contributed by atoms with Crippen LogP contribution in [0.5, 0.6) is 0 Å². The van der Waals surface area contributed by atoms with Crippen LogP contribution < -0.4 is 5.43 Å². The first-order valence-corrected chi connectivity index (χ1v) is 8.55. The molecule has 1 aromatic carbocycles. The number of aromatic nitrogens is 3. The Morgan fingerprint density at radius 1 is 1.20 bits per heavy atom. The molecule has 3 rings (SSSR count). The van der Waals surface area contributed by atoms with Gasteiger partial charge in [-0.15, -0.1) is 0 Å². The van der Waals surface area contributed by atoms with E-state index in [4.69, 9.17) is 34.8 Å². The molecule has 0 aliphatic rings. The van der Waals surface area contributed by atoms with Gasteiger partial charge in [0.25, 0.3) is 0 Å². The molecule has 0 unspecified atom stereocenters. The minimum atomic E-state index is 0.382. The maximum Gasteiger partial charge on any atom is 0.165 e. The number of hydrogen-bond acceptors (Lipinski definition) is 4. The third-order valence-electron chi connectivity index (χ3n) is 3.46. The number of halogens is 3. The van der Waals surface area contributed by atoms with Gasteiger partial charge in [0.15, 0.2) is 5.82 Å². The average Bonchev–Trinajstić information content (AvgIpc) is 2.85. The van der Waals surface area contributed by atoms with E-state index >= 15 is 0 Å². The van der Waals surface area contributed by atoms with Crippen molar-refractivity contribution in [3.63, 3.8) is 0 Å². The Kier molecular flexibility index (Phi) is 5.58. The lowest BCUT2D eigenvalue weighted by molar-refractivity contribution is 0.680. The third kappa shape index (κ3) is 4.31. The van der Waals surface area contributed by atoms with Crippen molar-refractivity contribution in [3.8, 4) is 0 Å². The first-order chi connectivity index (χ1) is 12.0. The van der Waals surface area contributed by atoms with E-state index in [1.165, 1.54) is 6.20 Å². The zero-order valence-corrected chi connectivity index (χ0v) is 15.5. The van der Waals surface area contributed by atoms with E-state index < -0.39 is 0 Å². The molecule has 128 valence electrons. The Hall–Kier alpha value is -2.08. The fourth-order valence-corrected chi connectivity index (χ4v) is 2.94. The van der Waals surface area contributed by atoms with E-state index in [0.717, 1.165) is 16.8 Å². The monoisotopic (exact) mass is 393 g/mol. The molecule has 25 heavy (non-hydrogen) atoms. The number of aryl methyl sites for hydroxylation is 1. The molecule has 0 aliphatic carbocycles. The van der Waals surface area contributed by atoms with Gasteiger partial charge in [-0.2, -0.15) is 10.2 Å². The third-order valence-corrected chi connectivity index (χ3v) is 4.35. The average molecular weight is 395 g/mol. The topological polar surface area (TPSA) is 55.1 Å². The maximum atomic E-state index is 6.44. The zero-order chi connectivity index (χ0) is 17.8. The molecule has 0 saturated carbocycles. The van der Waals surface area contributed by atoms with Gasteiger partial charge in [0, 0.05) is 6.20 Å². The molecule has 2 aromatic heterocycles. The standard InChI is InChI=1S/C17H14Cl3N5/c1-11-14(9-22-23-17-15(19)7-13(18)8-21-17)16(20)25(24-11)10-12-5-3-2-4-6-12/h2-9H,10H2,1H3,(H,21,23)/b22-9-. The molecule has 2 heterocycles. The van der Waals surface area contributed by atoms with Crippen LogP contribution in [0.3, 0.4) is 0 Å². The summed E-state index contributed by atoms with van der Waals surface area (Å²) in [4.78, 5) is 4.07. The lowest BCUT2D eigenvalue weighted by Gasteiger charge is -2.03. The van der Waals surface area contributed by atoms with Crippen LogP contribution in [-0.4, -0.2) is 21.0 Å². The summed E-state index contributed by atoms with van der Waals surface area (Å²) in [6.45, 7) is 2.47. The number of rotatable bonds is 5. The largest absolute Gasteiger partial charge is 0.260 e. The highest BCUT2D eigenvalue weighted by molar-refractivity contribution is 6.36. The van der Waals surface area contributed by atoms with Crippen molar-refractivity contribution in [2.45, 2.75) is 13.5 Å². The fraction of sp³-hybridized carbons (Fsp3) is 0.118. The highest BCUT2D eigenvalue weighted by Gasteiger charge is 2.12. The first kappa shape index (κ1) is 17.7. The highest BCUT2D eigenvalue weighted by Crippen LogP contribution is 2.23. The number of hydrogen-bond donors (Lipinski definition) is 1. The summed E-state index contributed by atoms with van der Waals surface area (Å²) in [7, 11) is 0. The molecule has 8 heteroatoms. The van der Waals surface area contributed by atoms with Gasteiger partial charge in [0.05, 0.1) is 34.1 Å². The maximum absolute atomic E-state index is 6.44. The van der Waals surface area contributed by atoms with Crippen molar-refractivity contribution in [1.82, 2.24) is 14.8 Å². The van der Waals surface area contributed by atoms with Crippen LogP contribution in [0, 0.1) is 6.92 Å². The van der Waals surface area contributed by atoms with Crippen molar-refractivity contribution in [2.24, 2.45) is 5.10 Å². The number of nitrogens with one attached hydrogen (secondary N) is 1. The van der Waals surface area contributed by atoms with Crippen molar-refractivity contribution < 1.29 is 0 Å². The Morgan fingerprint density at radius 2 is 1.96 bits per heavy atom. The second-order valence-electron chi connectivity index (χ2n) is 5.29. The number of anilines is 1. The van der Waals surface area contributed by atoms with E-state index in [2.05, 4.69) is 20.6 Å². The van der Waals surface area contributed by atoms with Gasteiger partial charge in [-0.1, -0.05) is 65.1 Å². The fourth-order valence-electron chi connectivity index (χ4n) is 2.23. The minimum Gasteiger partial charge on any atom is -0.260 e. The second kappa shape index (κ2) is 7.87. The Morgan fingerprint density at radius 3 is 2.68 bits per heavy atom. The van der Waals surface area contributed by atoms with Gasteiger partial charge in [0.1, 0.15) is 5.15 Å². The van der Waals surface area contributed by atoms with E-state index in [-0.39, 0.29) is 0 Å². The predicted octanol–water partition coefficient (Wildman–Crippen LogP) is 5.04. The molecule has 0 amide bonds. The Bertz CT molecular complexity index is 906. The van der Waals surface area contributed by atoms with Crippen molar-refractivity contribution in [3.05, 3.63) is 74.6 Å². The molecule has 0 atom stereocenters. The number of hydrazone groups is 1. The van der Waals surface area contributed by atoms with Crippen molar-refractivity contribution in [2.75, 3.05) is 5.43 Å². The summed E-state index contributed by atoms with van der Waals surface area (Å²) in [6.07, 6.45) is 3.08. The summed E-state index contributed by atoms with van der Waals surface area (Å²) < 4.78 is 1.74. The molecule has 1 N–H and O–H groups in total. The second-order valence-corrected chi connectivity index (χ2v) is 6.49. The SMILES string of the molecule is Cc1nn(Cc2ccccc2)c(Cl)c1/C=N\Nc1ncc(Cl)cc1Cl. The van der Waals surface area contributed by atoms with Crippen LogP contribution in [-0.2, 0) is 6.54 Å². The summed E-state index contributed by atoms with van der Waals surface area (Å²) >= 11 is 18.3. The molecule has 0 radical (unpaired) electrons. The summed E-state index contributed by atoms with van der Waals surface area (Å²) in [6, 6.07) is 11.6. The minimum absolute atomic E-state index is 0.382. The van der Waals surface area contributed by atoms with E-state index in [1.807, 2.05) is 37.3 Å². The van der Waals surface area contributed by atoms with Gasteiger partial charge in [-0.05, 0) is 18.6 Å². The first-order valence-electron chi connectivity index (χ1n) is 7.41. The quantitative estimate of drug-likeness (QED) is 0.487. The lowest BCUT2D eigenvalue weighted by atomic mass is 10.2. The molecule has 5 nitrogen and oxygen atoms in total. The van der Waals surface area contributed by atoms with Crippen LogP contribution >= 0.6 is 34.8 Å².